The summed E-state index contributed by atoms with van der Waals surface area (Å²) in [7, 11) is -4.24. The molecule has 1 aromatic carbocycles. The van der Waals surface area contributed by atoms with Crippen LogP contribution in [0, 0.1) is 11.7 Å². The summed E-state index contributed by atoms with van der Waals surface area (Å²) in [6.45, 7) is 3.11. The topological polar surface area (TPSA) is 83.5 Å². The fourth-order valence-corrected chi connectivity index (χ4v) is 3.34. The largest absolute Gasteiger partial charge is 0.480 e. The third kappa shape index (κ3) is 3.99. The number of hydrogen-bond donors (Lipinski definition) is 2. The molecule has 1 aromatic rings. The van der Waals surface area contributed by atoms with Crippen LogP contribution in [0.5, 0.6) is 0 Å². The molecule has 0 unspecified atom stereocenters. The van der Waals surface area contributed by atoms with E-state index in [1.54, 1.807) is 13.8 Å². The molecule has 8 heteroatoms. The first kappa shape index (κ1) is 16.1. The summed E-state index contributed by atoms with van der Waals surface area (Å²) in [5, 5.41) is 8.95. The Kier molecular flexibility index (Phi) is 5.05. The van der Waals surface area contributed by atoms with Gasteiger partial charge in [-0.15, -0.1) is 0 Å². The summed E-state index contributed by atoms with van der Waals surface area (Å²) in [5.41, 5.74) is 0. The molecule has 19 heavy (non-hydrogen) atoms. The summed E-state index contributed by atoms with van der Waals surface area (Å²) in [6.07, 6.45) is 0. The zero-order valence-electron chi connectivity index (χ0n) is 10.2. The van der Waals surface area contributed by atoms with Gasteiger partial charge >= 0.3 is 5.97 Å². The van der Waals surface area contributed by atoms with Gasteiger partial charge in [0.05, 0.1) is 0 Å². The third-order valence-corrected chi connectivity index (χ3v) is 4.35. The van der Waals surface area contributed by atoms with E-state index in [1.165, 1.54) is 6.07 Å². The van der Waals surface area contributed by atoms with Gasteiger partial charge in [0.2, 0.25) is 10.0 Å². The molecule has 1 atom stereocenters. The molecular weight excluding hydrogens is 341 g/mol. The molecule has 0 aliphatic carbocycles. The van der Waals surface area contributed by atoms with E-state index in [9.17, 15) is 17.6 Å². The second-order valence-corrected chi connectivity index (χ2v) is 6.85. The van der Waals surface area contributed by atoms with Crippen molar-refractivity contribution < 1.29 is 22.7 Å². The van der Waals surface area contributed by atoms with Crippen LogP contribution in [-0.2, 0) is 14.8 Å². The SMILES string of the molecule is CC(C)[C@@H](NS(=O)(=O)c1cc(Br)ccc1F)C(=O)O. The molecular formula is C11H13BrFNO4S. The Hall–Kier alpha value is -0.990. The molecule has 0 amide bonds. The average molecular weight is 354 g/mol. The number of nitrogens with one attached hydrogen (secondary N) is 1. The number of benzene rings is 1. The fourth-order valence-electron chi connectivity index (χ4n) is 1.39. The smallest absolute Gasteiger partial charge is 0.322 e. The molecule has 0 radical (unpaired) electrons. The maximum Gasteiger partial charge on any atom is 0.322 e. The molecule has 2 N–H and O–H groups in total. The highest BCUT2D eigenvalue weighted by molar-refractivity contribution is 9.10. The summed E-state index contributed by atoms with van der Waals surface area (Å²) in [5.74, 6) is -2.72. The van der Waals surface area contributed by atoms with E-state index in [2.05, 4.69) is 15.9 Å². The van der Waals surface area contributed by atoms with Crippen molar-refractivity contribution in [2.24, 2.45) is 5.92 Å². The molecule has 0 heterocycles. The van der Waals surface area contributed by atoms with Crippen LogP contribution in [0.1, 0.15) is 13.8 Å². The van der Waals surface area contributed by atoms with E-state index < -0.39 is 38.7 Å². The van der Waals surface area contributed by atoms with Crippen molar-refractivity contribution in [3.63, 3.8) is 0 Å². The lowest BCUT2D eigenvalue weighted by molar-refractivity contribution is -0.140. The molecule has 0 aromatic heterocycles. The van der Waals surface area contributed by atoms with Crippen LogP contribution in [0.2, 0.25) is 0 Å². The number of rotatable bonds is 5. The predicted molar refractivity (Wildman–Crippen MR) is 70.7 cm³/mol. The lowest BCUT2D eigenvalue weighted by Gasteiger charge is -2.18. The minimum Gasteiger partial charge on any atom is -0.480 e. The number of carbonyl (C=O) groups is 1. The Labute approximate surface area is 119 Å². The van der Waals surface area contributed by atoms with Gasteiger partial charge in [0.1, 0.15) is 16.8 Å². The fraction of sp³-hybridized carbons (Fsp3) is 0.364. The van der Waals surface area contributed by atoms with E-state index in [0.29, 0.717) is 4.47 Å². The van der Waals surface area contributed by atoms with Crippen LogP contribution in [0.15, 0.2) is 27.6 Å². The van der Waals surface area contributed by atoms with Gasteiger partial charge < -0.3 is 5.11 Å². The molecule has 1 rings (SSSR count). The zero-order valence-corrected chi connectivity index (χ0v) is 12.6. The molecule has 5 nitrogen and oxygen atoms in total. The second kappa shape index (κ2) is 5.98. The summed E-state index contributed by atoms with van der Waals surface area (Å²) in [6, 6.07) is 2.11. The van der Waals surface area contributed by atoms with Crippen molar-refractivity contribution >= 4 is 31.9 Å². The predicted octanol–water partition coefficient (Wildman–Crippen LogP) is 1.98. The van der Waals surface area contributed by atoms with Crippen LogP contribution >= 0.6 is 15.9 Å². The van der Waals surface area contributed by atoms with Crippen LogP contribution < -0.4 is 4.72 Å². The minimum absolute atomic E-state index is 0.380. The first-order valence-corrected chi connectivity index (χ1v) is 7.63. The van der Waals surface area contributed by atoms with Gasteiger partial charge in [0, 0.05) is 4.47 Å². The number of carboxylic acids is 1. The summed E-state index contributed by atoms with van der Waals surface area (Å²) in [4.78, 5) is 10.4. The molecule has 0 saturated carbocycles. The van der Waals surface area contributed by atoms with Crippen molar-refractivity contribution in [3.8, 4) is 0 Å². The van der Waals surface area contributed by atoms with Crippen molar-refractivity contribution in [2.75, 3.05) is 0 Å². The quantitative estimate of drug-likeness (QED) is 0.847. The van der Waals surface area contributed by atoms with E-state index in [4.69, 9.17) is 5.11 Å². The van der Waals surface area contributed by atoms with Gasteiger partial charge in [-0.1, -0.05) is 29.8 Å². The third-order valence-electron chi connectivity index (χ3n) is 2.40. The number of sulfonamides is 1. The maximum absolute atomic E-state index is 13.5. The van der Waals surface area contributed by atoms with E-state index in [1.807, 2.05) is 4.72 Å². The first-order valence-electron chi connectivity index (χ1n) is 5.35. The number of carboxylic acid groups (broad SMARTS) is 1. The minimum atomic E-state index is -4.24. The van der Waals surface area contributed by atoms with Gasteiger partial charge in [-0.3, -0.25) is 4.79 Å². The van der Waals surface area contributed by atoms with Gasteiger partial charge in [-0.05, 0) is 24.1 Å². The monoisotopic (exact) mass is 353 g/mol. The van der Waals surface area contributed by atoms with E-state index in [-0.39, 0.29) is 0 Å². The highest BCUT2D eigenvalue weighted by Crippen LogP contribution is 2.20. The number of halogens is 2. The Morgan fingerprint density at radius 2 is 2.00 bits per heavy atom. The maximum atomic E-state index is 13.5. The molecule has 0 aliphatic heterocycles. The van der Waals surface area contributed by atoms with Crippen molar-refractivity contribution in [3.05, 3.63) is 28.5 Å². The van der Waals surface area contributed by atoms with Crippen LogP contribution in [0.25, 0.3) is 0 Å². The zero-order chi connectivity index (χ0) is 14.8. The number of hydrogen-bond acceptors (Lipinski definition) is 3. The Bertz CT molecular complexity index is 588. The van der Waals surface area contributed by atoms with Crippen LogP contribution in [0.3, 0.4) is 0 Å². The summed E-state index contributed by atoms with van der Waals surface area (Å²) >= 11 is 3.04. The highest BCUT2D eigenvalue weighted by Gasteiger charge is 2.29. The normalized spacial score (nSPS) is 13.5. The van der Waals surface area contributed by atoms with Gasteiger partial charge in [-0.25, -0.2) is 12.8 Å². The van der Waals surface area contributed by atoms with Crippen molar-refractivity contribution in [1.29, 1.82) is 0 Å². The molecule has 0 bridgehead atoms. The Morgan fingerprint density at radius 3 is 2.47 bits per heavy atom. The van der Waals surface area contributed by atoms with Crippen LogP contribution in [0.4, 0.5) is 4.39 Å². The van der Waals surface area contributed by atoms with Crippen molar-refractivity contribution in [2.45, 2.75) is 24.8 Å². The average Bonchev–Trinajstić information content (AvgIpc) is 2.28. The Morgan fingerprint density at radius 1 is 1.42 bits per heavy atom. The Balaban J connectivity index is 3.17. The van der Waals surface area contributed by atoms with E-state index >= 15 is 0 Å². The van der Waals surface area contributed by atoms with Crippen molar-refractivity contribution in [1.82, 2.24) is 4.72 Å². The lowest BCUT2D eigenvalue weighted by atomic mass is 10.1. The molecule has 0 aliphatic rings. The standard InChI is InChI=1S/C11H13BrFNO4S/c1-6(2)10(11(15)16)14-19(17,18)9-5-7(12)3-4-8(9)13/h3-6,10,14H,1-2H3,(H,15,16)/t10-/m1/s1. The first-order chi connectivity index (χ1) is 8.65. The number of aliphatic carboxylic acids is 1. The molecule has 106 valence electrons. The van der Waals surface area contributed by atoms with Gasteiger partial charge in [0.15, 0.2) is 0 Å². The van der Waals surface area contributed by atoms with Crippen LogP contribution in [-0.4, -0.2) is 25.5 Å². The van der Waals surface area contributed by atoms with Gasteiger partial charge in [-0.2, -0.15) is 4.72 Å². The lowest BCUT2D eigenvalue weighted by Crippen LogP contribution is -2.44. The van der Waals surface area contributed by atoms with Gasteiger partial charge in [0.25, 0.3) is 0 Å². The second-order valence-electron chi connectivity index (χ2n) is 4.26. The highest BCUT2D eigenvalue weighted by atomic mass is 79.9. The van der Waals surface area contributed by atoms with E-state index in [0.717, 1.165) is 12.1 Å². The molecule has 0 spiro atoms. The molecule has 0 saturated heterocycles. The molecule has 0 fully saturated rings. The summed E-state index contributed by atoms with van der Waals surface area (Å²) < 4.78 is 39.9.